The average Bonchev–Trinajstić information content (AvgIpc) is 3.07. The fraction of sp³-hybridized carbons (Fsp3) is 0.500. The molecule has 0 aromatic carbocycles. The summed E-state index contributed by atoms with van der Waals surface area (Å²) in [6.07, 6.45) is -0.855. The molecule has 3 heterocycles. The summed E-state index contributed by atoms with van der Waals surface area (Å²) < 4.78 is 113. The molecule has 0 radical (unpaired) electrons. The van der Waals surface area contributed by atoms with Crippen molar-refractivity contribution in [1.82, 2.24) is 19.9 Å². The molecule has 2 aromatic rings. The minimum Gasteiger partial charge on any atom is -0.354 e. The zero-order chi connectivity index (χ0) is 28.5. The zero-order valence-electron chi connectivity index (χ0n) is 25.6. The van der Waals surface area contributed by atoms with E-state index in [4.69, 9.17) is 25.8 Å². The summed E-state index contributed by atoms with van der Waals surface area (Å²) >= 11 is 0. The predicted octanol–water partition coefficient (Wildman–Crippen LogP) is 1.55. The minimum absolute atomic E-state index is 0.191. The number of nitrogens with one attached hydrogen (secondary N) is 1. The van der Waals surface area contributed by atoms with Crippen molar-refractivity contribution in [2.45, 2.75) is 19.3 Å². The Kier molecular flexibility index (Phi) is 1.57. The Morgan fingerprint density at radius 1 is 1.78 bits per heavy atom. The topological polar surface area (TPSA) is 69.5 Å². The molecule has 2 atom stereocenters. The number of rotatable bonds is 3. The maximum absolute atomic E-state index is 12.9. The predicted molar refractivity (Wildman–Crippen MR) is 87.9 cm³/mol. The van der Waals surface area contributed by atoms with E-state index in [0.717, 1.165) is 6.20 Å². The van der Waals surface area contributed by atoms with Gasteiger partial charge in [0.2, 0.25) is 0 Å². The van der Waals surface area contributed by atoms with Crippen molar-refractivity contribution < 1.29 is 24.0 Å². The van der Waals surface area contributed by atoms with E-state index in [1.165, 1.54) is 0 Å². The van der Waals surface area contributed by atoms with Crippen molar-refractivity contribution >= 4 is 22.8 Å². The van der Waals surface area contributed by atoms with Gasteiger partial charge in [-0.15, -0.1) is 0 Å². The summed E-state index contributed by atoms with van der Waals surface area (Å²) in [4.78, 5) is 25.3. The van der Waals surface area contributed by atoms with Crippen molar-refractivity contribution in [3.63, 3.8) is 0 Å². The number of amides is 1. The van der Waals surface area contributed by atoms with E-state index in [-0.39, 0.29) is 26.9 Å². The van der Waals surface area contributed by atoms with Crippen LogP contribution in [-0.2, 0) is 4.79 Å². The average molecular weight is 326 g/mol. The van der Waals surface area contributed by atoms with Gasteiger partial charge >= 0.3 is 5.91 Å². The van der Waals surface area contributed by atoms with Gasteiger partial charge in [-0.05, 0) is 18.4 Å². The normalized spacial score (nSPS) is 36.2. The SMILES string of the molecule is [2H]c1nc(N([C@@H]2[C@H](C([2H])([2H])[2H])CC([2H])([2H])N(C(=O)C([2H])([2H])[N+]#[C-])C2([2H])[2H])C([2H])([2H])[2H])c2c([2H])c[nH]c2n1. The van der Waals surface area contributed by atoms with Gasteiger partial charge in [-0.2, -0.15) is 0 Å². The van der Waals surface area contributed by atoms with Crippen LogP contribution in [0.5, 0.6) is 0 Å². The van der Waals surface area contributed by atoms with Crippen LogP contribution in [0.25, 0.3) is 15.9 Å². The summed E-state index contributed by atoms with van der Waals surface area (Å²) in [5.74, 6) is -4.84. The molecular weight excluding hydrogens is 292 g/mol. The van der Waals surface area contributed by atoms with Crippen LogP contribution >= 0.6 is 0 Å². The van der Waals surface area contributed by atoms with Crippen molar-refractivity contribution in [2.75, 3.05) is 31.4 Å². The summed E-state index contributed by atoms with van der Waals surface area (Å²) in [6.45, 7) is -9.89. The second kappa shape index (κ2) is 6.24. The summed E-state index contributed by atoms with van der Waals surface area (Å²) in [5.41, 5.74) is -0.191. The van der Waals surface area contributed by atoms with Crippen LogP contribution in [0.3, 0.4) is 0 Å². The van der Waals surface area contributed by atoms with E-state index in [2.05, 4.69) is 19.8 Å². The lowest BCUT2D eigenvalue weighted by molar-refractivity contribution is -0.130. The molecule has 0 unspecified atom stereocenters. The molecule has 1 amide bonds. The number of carbonyl (C=O) groups excluding carboxylic acids is 1. The smallest absolute Gasteiger partial charge is 0.302 e. The first-order valence-electron chi connectivity index (χ1n) is 13.4. The van der Waals surface area contributed by atoms with Crippen molar-refractivity contribution in [3.8, 4) is 0 Å². The van der Waals surface area contributed by atoms with Crippen LogP contribution in [0, 0.1) is 12.5 Å². The Balaban J connectivity index is 2.42. The molecule has 1 aliphatic rings. The first kappa shape index (κ1) is 5.78. The second-order valence-corrected chi connectivity index (χ2v) is 4.58. The summed E-state index contributed by atoms with van der Waals surface area (Å²) in [7, 11) is 0. The number of piperidine rings is 1. The molecule has 0 aliphatic carbocycles. The number of H-pyrrole nitrogens is 1. The molecule has 3 rings (SSSR count). The van der Waals surface area contributed by atoms with Crippen LogP contribution in [0.1, 0.15) is 32.5 Å². The Hall–Kier alpha value is -2.62. The van der Waals surface area contributed by atoms with E-state index >= 15 is 0 Å². The largest absolute Gasteiger partial charge is 0.354 e. The van der Waals surface area contributed by atoms with Gasteiger partial charge in [-0.3, -0.25) is 4.79 Å². The van der Waals surface area contributed by atoms with Gasteiger partial charge in [0.1, 0.15) is 21.9 Å². The molecule has 2 aromatic heterocycles. The molecule has 0 spiro atoms. The number of aromatic amines is 1. The third kappa shape index (κ3) is 2.84. The van der Waals surface area contributed by atoms with Gasteiger partial charge in [0.25, 0.3) is 6.50 Å². The van der Waals surface area contributed by atoms with Crippen molar-refractivity contribution in [2.24, 2.45) is 5.92 Å². The Morgan fingerprint density at radius 2 is 2.70 bits per heavy atom. The lowest BCUT2D eigenvalue weighted by Gasteiger charge is -2.41. The van der Waals surface area contributed by atoms with E-state index in [1.807, 2.05) is 0 Å². The number of hydrogen-bond acceptors (Lipinski definition) is 4. The van der Waals surface area contributed by atoms with Crippen LogP contribution in [0.15, 0.2) is 18.5 Å². The fourth-order valence-corrected chi connectivity index (χ4v) is 2.10. The Bertz CT molecular complexity index is 1260. The molecule has 120 valence electrons. The lowest BCUT2D eigenvalue weighted by atomic mass is 9.92. The number of aromatic nitrogens is 3. The molecule has 1 saturated heterocycles. The van der Waals surface area contributed by atoms with Crippen LogP contribution in [0.2, 0.25) is 0 Å². The summed E-state index contributed by atoms with van der Waals surface area (Å²) in [5, 5.41) is -0.310. The number of likely N-dealkylation sites (N-methyl/N-ethyl adjacent to an activating group) is 1. The quantitative estimate of drug-likeness (QED) is 0.869. The number of nitrogens with zero attached hydrogens (tertiary/aromatic N) is 5. The maximum Gasteiger partial charge on any atom is 0.302 e. The number of carbonyl (C=O) groups is 1. The first-order valence-corrected chi connectivity index (χ1v) is 6.42. The highest BCUT2D eigenvalue weighted by molar-refractivity contribution is 5.87. The van der Waals surface area contributed by atoms with Gasteiger partial charge in [0, 0.05) is 37.1 Å². The van der Waals surface area contributed by atoms with Crippen LogP contribution < -0.4 is 4.90 Å². The summed E-state index contributed by atoms with van der Waals surface area (Å²) in [6, 6.07) is -2.82. The van der Waals surface area contributed by atoms with Crippen molar-refractivity contribution in [3.05, 3.63) is 30.0 Å². The van der Waals surface area contributed by atoms with Gasteiger partial charge in [-0.25, -0.2) is 16.5 Å². The number of hydrogen-bond donors (Lipinski definition) is 1. The van der Waals surface area contributed by atoms with Crippen LogP contribution in [0.4, 0.5) is 5.82 Å². The molecule has 0 saturated carbocycles. The van der Waals surface area contributed by atoms with E-state index in [1.54, 1.807) is 0 Å². The third-order valence-corrected chi connectivity index (χ3v) is 3.18. The monoisotopic (exact) mass is 326 g/mol. The molecule has 0 bridgehead atoms. The second-order valence-electron chi connectivity index (χ2n) is 4.58. The molecular formula is C16H20N6O. The third-order valence-electron chi connectivity index (χ3n) is 3.18. The number of anilines is 1. The van der Waals surface area contributed by atoms with Gasteiger partial charge in [0.05, 0.1) is 15.5 Å². The molecule has 7 nitrogen and oxygen atoms in total. The van der Waals surface area contributed by atoms with Gasteiger partial charge in [-0.1, -0.05) is 6.85 Å². The molecule has 1 aliphatic heterocycles. The standard InChI is InChI=1S/C16H20N6O/c1-11-5-7-22(14(23)8-17-2)9-13(11)21(3)16-12-4-6-18-15(12)19-10-20-16/h4,6,10-11,13H,5,7-9H2,1,3H3,(H,18,19,20)/t11-,13+/m1/s1/i1D3,3D3,4D,7D2,8D2,9D2,10D. The van der Waals surface area contributed by atoms with Crippen molar-refractivity contribution in [1.29, 1.82) is 0 Å². The van der Waals surface area contributed by atoms with E-state index in [9.17, 15) is 4.79 Å². The zero-order valence-corrected chi connectivity index (χ0v) is 11.6. The highest BCUT2D eigenvalue weighted by Gasteiger charge is 2.33. The highest BCUT2D eigenvalue weighted by atomic mass is 16.2. The van der Waals surface area contributed by atoms with Gasteiger partial charge in [0.15, 0.2) is 0 Å². The highest BCUT2D eigenvalue weighted by Crippen LogP contribution is 2.28. The number of fused-ring (bicyclic) bond motifs is 1. The Labute approximate surface area is 154 Å². The Morgan fingerprint density at radius 3 is 3.48 bits per heavy atom. The van der Waals surface area contributed by atoms with Gasteiger partial charge < -0.3 is 19.6 Å². The molecule has 1 N–H and O–H groups in total. The molecule has 23 heavy (non-hydrogen) atoms. The maximum atomic E-state index is 12.9. The minimum atomic E-state index is -3.57. The molecule has 7 heteroatoms. The van der Waals surface area contributed by atoms with E-state index < -0.39 is 69.7 Å². The fourth-order valence-electron chi connectivity index (χ4n) is 2.10. The molecule has 1 fully saturated rings. The van der Waals surface area contributed by atoms with Crippen LogP contribution in [-0.4, -0.2) is 58.3 Å². The van der Waals surface area contributed by atoms with E-state index in [0.29, 0.717) is 0 Å². The lowest BCUT2D eigenvalue weighted by Crippen LogP contribution is -2.53. The first-order chi connectivity index (χ1) is 16.6. The number of likely N-dealkylation sites (tertiary alicyclic amines) is 1.